The Kier molecular flexibility index (Phi) is 5.69. The van der Waals surface area contributed by atoms with Crippen molar-refractivity contribution in [1.82, 2.24) is 14.7 Å². The number of imidazole rings is 1. The Morgan fingerprint density at radius 1 is 1.31 bits per heavy atom. The molecule has 0 aliphatic carbocycles. The van der Waals surface area contributed by atoms with Crippen LogP contribution in [-0.4, -0.2) is 21.9 Å². The van der Waals surface area contributed by atoms with Crippen molar-refractivity contribution in [2.24, 2.45) is 0 Å². The molecule has 0 saturated heterocycles. The molecule has 0 fully saturated rings. The van der Waals surface area contributed by atoms with Crippen LogP contribution in [-0.2, 0) is 11.3 Å². The summed E-state index contributed by atoms with van der Waals surface area (Å²) in [4.78, 5) is 16.6. The summed E-state index contributed by atoms with van der Waals surface area (Å²) in [6.07, 6.45) is 8.13. The van der Waals surface area contributed by atoms with Gasteiger partial charge in [-0.2, -0.15) is 0 Å². The molecule has 2 heterocycles. The van der Waals surface area contributed by atoms with Crippen molar-refractivity contribution >= 4 is 17.6 Å². The third-order valence-electron chi connectivity index (χ3n) is 3.90. The number of carbonyl (C=O) groups is 1. The summed E-state index contributed by atoms with van der Waals surface area (Å²) in [6, 6.07) is 11.7. The molecular formula is C21H23N3O2. The summed E-state index contributed by atoms with van der Waals surface area (Å²) in [5, 5.41) is 2.87. The number of nitrogens with zero attached hydrogens (tertiary/aromatic N) is 2. The van der Waals surface area contributed by atoms with Crippen molar-refractivity contribution in [2.45, 2.75) is 26.8 Å². The summed E-state index contributed by atoms with van der Waals surface area (Å²) in [5.41, 5.74) is 3.75. The van der Waals surface area contributed by atoms with Crippen LogP contribution in [0.2, 0.25) is 0 Å². The second-order valence-corrected chi connectivity index (χ2v) is 6.14. The molecule has 0 spiro atoms. The molecular weight excluding hydrogens is 326 g/mol. The molecule has 0 saturated carbocycles. The standard InChI is InChI=1S/C21H23N3O2/c1-3-12-26-19-7-5-4-6-17(19)8-9-21(25)22-14-18-15-24-11-10-16(2)13-20(24)23-18/h4-11,13,15H,3,12,14H2,1-2H3,(H,22,25)/b9-8+. The summed E-state index contributed by atoms with van der Waals surface area (Å²) >= 11 is 0. The van der Waals surface area contributed by atoms with Gasteiger partial charge in [-0.1, -0.05) is 25.1 Å². The Morgan fingerprint density at radius 3 is 3.00 bits per heavy atom. The first kappa shape index (κ1) is 17.7. The van der Waals surface area contributed by atoms with Gasteiger partial charge in [0.05, 0.1) is 18.8 Å². The zero-order valence-electron chi connectivity index (χ0n) is 15.1. The van der Waals surface area contributed by atoms with Gasteiger partial charge >= 0.3 is 0 Å². The van der Waals surface area contributed by atoms with Gasteiger partial charge in [-0.25, -0.2) is 4.98 Å². The Labute approximate surface area is 153 Å². The number of aryl methyl sites for hydroxylation is 1. The molecule has 2 aromatic heterocycles. The molecule has 1 aromatic carbocycles. The molecule has 5 nitrogen and oxygen atoms in total. The molecule has 0 aliphatic rings. The predicted octanol–water partition coefficient (Wildman–Crippen LogP) is 3.76. The SMILES string of the molecule is CCCOc1ccccc1/C=C/C(=O)NCc1cn2ccc(C)cc2n1. The van der Waals surface area contributed by atoms with Crippen LogP contribution in [0.1, 0.15) is 30.2 Å². The molecule has 0 bridgehead atoms. The normalized spacial score (nSPS) is 11.2. The molecule has 3 aromatic rings. The van der Waals surface area contributed by atoms with Gasteiger partial charge in [0, 0.05) is 24.0 Å². The highest BCUT2D eigenvalue weighted by Crippen LogP contribution is 2.19. The Morgan fingerprint density at radius 2 is 2.15 bits per heavy atom. The second-order valence-electron chi connectivity index (χ2n) is 6.14. The minimum absolute atomic E-state index is 0.163. The van der Waals surface area contributed by atoms with Gasteiger partial charge in [0.1, 0.15) is 11.4 Å². The van der Waals surface area contributed by atoms with Crippen LogP contribution in [0.4, 0.5) is 0 Å². The zero-order valence-corrected chi connectivity index (χ0v) is 15.1. The number of hydrogen-bond donors (Lipinski definition) is 1. The lowest BCUT2D eigenvalue weighted by Crippen LogP contribution is -2.20. The maximum Gasteiger partial charge on any atom is 0.244 e. The largest absolute Gasteiger partial charge is 0.493 e. The van der Waals surface area contributed by atoms with Crippen molar-refractivity contribution in [3.8, 4) is 5.75 Å². The number of benzene rings is 1. The van der Waals surface area contributed by atoms with Gasteiger partial charge < -0.3 is 14.5 Å². The van der Waals surface area contributed by atoms with Crippen LogP contribution in [0.25, 0.3) is 11.7 Å². The molecule has 0 unspecified atom stereocenters. The van der Waals surface area contributed by atoms with Gasteiger partial charge in [-0.3, -0.25) is 4.79 Å². The number of carbonyl (C=O) groups excluding carboxylic acids is 1. The number of amides is 1. The van der Waals surface area contributed by atoms with E-state index in [0.717, 1.165) is 34.6 Å². The summed E-state index contributed by atoms with van der Waals surface area (Å²) < 4.78 is 7.65. The number of aromatic nitrogens is 2. The molecule has 3 rings (SSSR count). The lowest BCUT2D eigenvalue weighted by Gasteiger charge is -2.07. The average Bonchev–Trinajstić information content (AvgIpc) is 3.05. The van der Waals surface area contributed by atoms with E-state index in [1.807, 2.05) is 60.1 Å². The first-order chi connectivity index (χ1) is 12.7. The van der Waals surface area contributed by atoms with Crippen LogP contribution in [0.3, 0.4) is 0 Å². The Bertz CT molecular complexity index is 928. The number of pyridine rings is 1. The lowest BCUT2D eigenvalue weighted by atomic mass is 10.2. The van der Waals surface area contributed by atoms with Crippen molar-refractivity contribution in [2.75, 3.05) is 6.61 Å². The molecule has 0 atom stereocenters. The van der Waals surface area contributed by atoms with E-state index in [-0.39, 0.29) is 5.91 Å². The van der Waals surface area contributed by atoms with Crippen LogP contribution in [0.15, 0.2) is 54.9 Å². The number of para-hydroxylation sites is 1. The van der Waals surface area contributed by atoms with E-state index < -0.39 is 0 Å². The number of rotatable bonds is 7. The van der Waals surface area contributed by atoms with Gasteiger partial charge in [-0.05, 0) is 43.2 Å². The molecule has 5 heteroatoms. The van der Waals surface area contributed by atoms with Crippen LogP contribution in [0, 0.1) is 6.92 Å². The second kappa shape index (κ2) is 8.34. The van der Waals surface area contributed by atoms with Gasteiger partial charge in [0.2, 0.25) is 5.91 Å². The maximum atomic E-state index is 12.1. The molecule has 0 aliphatic heterocycles. The van der Waals surface area contributed by atoms with E-state index in [1.54, 1.807) is 6.08 Å². The third kappa shape index (κ3) is 4.51. The fourth-order valence-corrected chi connectivity index (χ4v) is 2.59. The van der Waals surface area contributed by atoms with E-state index >= 15 is 0 Å². The number of hydrogen-bond acceptors (Lipinski definition) is 3. The van der Waals surface area contributed by atoms with Crippen molar-refractivity contribution in [1.29, 1.82) is 0 Å². The van der Waals surface area contributed by atoms with Gasteiger partial charge in [0.25, 0.3) is 0 Å². The molecule has 1 amide bonds. The molecule has 134 valence electrons. The van der Waals surface area contributed by atoms with Crippen LogP contribution < -0.4 is 10.1 Å². The topological polar surface area (TPSA) is 55.6 Å². The van der Waals surface area contributed by atoms with Crippen LogP contribution in [0.5, 0.6) is 5.75 Å². The fraction of sp³-hybridized carbons (Fsp3) is 0.238. The summed E-state index contributed by atoms with van der Waals surface area (Å²) in [7, 11) is 0. The van der Waals surface area contributed by atoms with E-state index in [9.17, 15) is 4.79 Å². The quantitative estimate of drug-likeness (QED) is 0.661. The van der Waals surface area contributed by atoms with Gasteiger partial charge in [0.15, 0.2) is 0 Å². The fourth-order valence-electron chi connectivity index (χ4n) is 2.59. The highest BCUT2D eigenvalue weighted by atomic mass is 16.5. The Balaban J connectivity index is 1.60. The monoisotopic (exact) mass is 349 g/mol. The van der Waals surface area contributed by atoms with E-state index in [2.05, 4.69) is 17.2 Å². The van der Waals surface area contributed by atoms with Crippen LogP contribution >= 0.6 is 0 Å². The minimum atomic E-state index is -0.163. The first-order valence-corrected chi connectivity index (χ1v) is 8.77. The van der Waals surface area contributed by atoms with E-state index in [1.165, 1.54) is 6.08 Å². The lowest BCUT2D eigenvalue weighted by molar-refractivity contribution is -0.116. The highest BCUT2D eigenvalue weighted by Gasteiger charge is 2.04. The molecule has 0 radical (unpaired) electrons. The number of nitrogens with one attached hydrogen (secondary N) is 1. The van der Waals surface area contributed by atoms with Gasteiger partial charge in [-0.15, -0.1) is 0 Å². The molecule has 26 heavy (non-hydrogen) atoms. The van der Waals surface area contributed by atoms with Crippen molar-refractivity contribution in [3.63, 3.8) is 0 Å². The highest BCUT2D eigenvalue weighted by molar-refractivity contribution is 5.92. The van der Waals surface area contributed by atoms with E-state index in [4.69, 9.17) is 4.74 Å². The number of fused-ring (bicyclic) bond motifs is 1. The third-order valence-corrected chi connectivity index (χ3v) is 3.90. The van der Waals surface area contributed by atoms with E-state index in [0.29, 0.717) is 13.2 Å². The minimum Gasteiger partial charge on any atom is -0.493 e. The first-order valence-electron chi connectivity index (χ1n) is 8.77. The molecule has 1 N–H and O–H groups in total. The van der Waals surface area contributed by atoms with Crippen molar-refractivity contribution in [3.05, 3.63) is 71.7 Å². The summed E-state index contributed by atoms with van der Waals surface area (Å²) in [5.74, 6) is 0.623. The zero-order chi connectivity index (χ0) is 18.4. The Hall–Kier alpha value is -3.08. The smallest absolute Gasteiger partial charge is 0.244 e. The summed E-state index contributed by atoms with van der Waals surface area (Å²) in [6.45, 7) is 5.14. The van der Waals surface area contributed by atoms with Crippen molar-refractivity contribution < 1.29 is 9.53 Å². The number of ether oxygens (including phenoxy) is 1. The maximum absolute atomic E-state index is 12.1. The average molecular weight is 349 g/mol. The predicted molar refractivity (Wildman–Crippen MR) is 103 cm³/mol.